The van der Waals surface area contributed by atoms with E-state index in [4.69, 9.17) is 5.26 Å². The molecule has 13 heavy (non-hydrogen) atoms. The van der Waals surface area contributed by atoms with Crippen LogP contribution in [0.4, 0.5) is 4.79 Å². The van der Waals surface area contributed by atoms with Gasteiger partial charge in [0.1, 0.15) is 0 Å². The van der Waals surface area contributed by atoms with Gasteiger partial charge in [-0.25, -0.2) is 4.79 Å². The van der Waals surface area contributed by atoms with E-state index in [1.54, 1.807) is 13.0 Å². The van der Waals surface area contributed by atoms with Gasteiger partial charge in [0.25, 0.3) is 5.91 Å². The average molecular weight is 185 g/mol. The van der Waals surface area contributed by atoms with Crippen molar-refractivity contribution in [2.75, 3.05) is 13.7 Å². The molecule has 0 aliphatic rings. The molecule has 6 heteroatoms. The Morgan fingerprint density at radius 1 is 1.62 bits per heavy atom. The molecule has 0 aliphatic heterocycles. The van der Waals surface area contributed by atoms with E-state index in [0.717, 1.165) is 0 Å². The van der Waals surface area contributed by atoms with Crippen LogP contribution in [-0.4, -0.2) is 31.7 Å². The third-order valence-electron chi connectivity index (χ3n) is 1.18. The number of likely N-dealkylation sites (N-methyl/N-ethyl adjacent to an activating group) is 1. The maximum Gasteiger partial charge on any atom is 0.413 e. The molecule has 2 amide bonds. The van der Waals surface area contributed by atoms with E-state index in [1.165, 1.54) is 7.05 Å². The Morgan fingerprint density at radius 2 is 2.23 bits per heavy atom. The van der Waals surface area contributed by atoms with Crippen molar-refractivity contribution in [3.05, 3.63) is 0 Å². The first kappa shape index (κ1) is 11.4. The summed E-state index contributed by atoms with van der Waals surface area (Å²) in [5.41, 5.74) is 0. The number of nitriles is 1. The summed E-state index contributed by atoms with van der Waals surface area (Å²) in [4.78, 5) is 21.7. The summed E-state index contributed by atoms with van der Waals surface area (Å²) in [6, 6.07) is 0.630. The molecule has 0 saturated heterocycles. The molecule has 72 valence electrons. The first-order valence-electron chi connectivity index (χ1n) is 3.70. The molecule has 0 rings (SSSR count). The maximum atomic E-state index is 11.0. The van der Waals surface area contributed by atoms with Crippen LogP contribution in [0.2, 0.25) is 0 Å². The zero-order valence-electron chi connectivity index (χ0n) is 7.46. The molecule has 0 bridgehead atoms. The van der Waals surface area contributed by atoms with Crippen LogP contribution in [0, 0.1) is 11.3 Å². The van der Waals surface area contributed by atoms with Crippen LogP contribution >= 0.6 is 0 Å². The van der Waals surface area contributed by atoms with Gasteiger partial charge in [-0.2, -0.15) is 5.26 Å². The highest BCUT2D eigenvalue weighted by molar-refractivity contribution is 5.96. The number of ether oxygens (including phenoxy) is 1. The summed E-state index contributed by atoms with van der Waals surface area (Å²) in [5.74, 6) is -0.719. The van der Waals surface area contributed by atoms with Gasteiger partial charge >= 0.3 is 6.09 Å². The van der Waals surface area contributed by atoms with Crippen molar-refractivity contribution in [3.63, 3.8) is 0 Å². The van der Waals surface area contributed by atoms with Gasteiger partial charge < -0.3 is 4.74 Å². The Bertz CT molecular complexity index is 234. The van der Waals surface area contributed by atoms with Crippen molar-refractivity contribution >= 4 is 12.0 Å². The van der Waals surface area contributed by atoms with Crippen LogP contribution < -0.4 is 10.6 Å². The van der Waals surface area contributed by atoms with Gasteiger partial charge in [0.05, 0.1) is 12.7 Å². The first-order valence-corrected chi connectivity index (χ1v) is 3.70. The normalized spacial score (nSPS) is 11.2. The van der Waals surface area contributed by atoms with Crippen LogP contribution in [0.25, 0.3) is 0 Å². The first-order chi connectivity index (χ1) is 6.15. The van der Waals surface area contributed by atoms with Crippen LogP contribution in [0.3, 0.4) is 0 Å². The third kappa shape index (κ3) is 4.08. The fourth-order valence-corrected chi connectivity index (χ4v) is 0.594. The van der Waals surface area contributed by atoms with E-state index in [0.29, 0.717) is 0 Å². The van der Waals surface area contributed by atoms with Gasteiger partial charge in [-0.05, 0) is 14.0 Å². The average Bonchev–Trinajstić information content (AvgIpc) is 2.06. The summed E-state index contributed by atoms with van der Waals surface area (Å²) >= 11 is 0. The molecule has 1 atom stereocenters. The molecular formula is C7H11N3O3. The Hall–Kier alpha value is -1.61. The molecule has 0 aromatic heterocycles. The topological polar surface area (TPSA) is 91.2 Å². The molecule has 0 heterocycles. The van der Waals surface area contributed by atoms with Crippen LogP contribution in [0.5, 0.6) is 0 Å². The molecule has 6 nitrogen and oxygen atoms in total. The number of carbonyl (C=O) groups is 2. The molecule has 0 aromatic rings. The van der Waals surface area contributed by atoms with E-state index >= 15 is 0 Å². The molecule has 2 N–H and O–H groups in total. The monoisotopic (exact) mass is 185 g/mol. The minimum Gasteiger partial charge on any atom is -0.450 e. The number of amides is 2. The van der Waals surface area contributed by atoms with Gasteiger partial charge in [0, 0.05) is 0 Å². The van der Waals surface area contributed by atoms with E-state index in [1.807, 2.05) is 5.32 Å². The van der Waals surface area contributed by atoms with Gasteiger partial charge in [0.15, 0.2) is 6.04 Å². The molecule has 0 spiro atoms. The Balaban J connectivity index is 4.00. The largest absolute Gasteiger partial charge is 0.450 e. The fraction of sp³-hybridized carbons (Fsp3) is 0.571. The quantitative estimate of drug-likeness (QED) is 0.610. The second-order valence-electron chi connectivity index (χ2n) is 2.06. The van der Waals surface area contributed by atoms with Crippen molar-refractivity contribution in [2.24, 2.45) is 0 Å². The smallest absolute Gasteiger partial charge is 0.413 e. The second kappa shape index (κ2) is 5.97. The standard InChI is InChI=1S/C7H11N3O3/c1-3-13-7(12)10-6(11)5(4-8)9-2/h5,9H,3H2,1-2H3,(H,10,11,12). The van der Waals surface area contributed by atoms with E-state index in [9.17, 15) is 9.59 Å². The van der Waals surface area contributed by atoms with Crippen molar-refractivity contribution in [1.29, 1.82) is 5.26 Å². The van der Waals surface area contributed by atoms with Crippen molar-refractivity contribution in [1.82, 2.24) is 10.6 Å². The predicted octanol–water partition coefficient (Wildman–Crippen LogP) is -0.629. The Kier molecular flexibility index (Phi) is 5.23. The lowest BCUT2D eigenvalue weighted by Gasteiger charge is -2.07. The van der Waals surface area contributed by atoms with Crippen LogP contribution in [0.1, 0.15) is 6.92 Å². The minimum atomic E-state index is -1.04. The number of nitrogens with one attached hydrogen (secondary N) is 2. The molecule has 0 saturated carbocycles. The zero-order valence-corrected chi connectivity index (χ0v) is 7.46. The Labute approximate surface area is 75.9 Å². The molecule has 0 fully saturated rings. The molecule has 0 aromatic carbocycles. The second-order valence-corrected chi connectivity index (χ2v) is 2.06. The van der Waals surface area contributed by atoms with E-state index < -0.39 is 18.0 Å². The number of nitrogens with zero attached hydrogens (tertiary/aromatic N) is 1. The third-order valence-corrected chi connectivity index (χ3v) is 1.18. The van der Waals surface area contributed by atoms with E-state index in [-0.39, 0.29) is 6.61 Å². The molecule has 1 unspecified atom stereocenters. The lowest BCUT2D eigenvalue weighted by molar-refractivity contribution is -0.121. The highest BCUT2D eigenvalue weighted by Gasteiger charge is 2.17. The number of alkyl carbamates (subject to hydrolysis) is 1. The number of rotatable bonds is 3. The number of hydrogen-bond donors (Lipinski definition) is 2. The molecular weight excluding hydrogens is 174 g/mol. The molecule has 0 aliphatic carbocycles. The van der Waals surface area contributed by atoms with Gasteiger partial charge in [-0.15, -0.1) is 0 Å². The molecule has 0 radical (unpaired) electrons. The van der Waals surface area contributed by atoms with Crippen LogP contribution in [-0.2, 0) is 9.53 Å². The van der Waals surface area contributed by atoms with Crippen LogP contribution in [0.15, 0.2) is 0 Å². The maximum absolute atomic E-state index is 11.0. The number of hydrogen-bond acceptors (Lipinski definition) is 5. The zero-order chi connectivity index (χ0) is 10.3. The highest BCUT2D eigenvalue weighted by atomic mass is 16.5. The number of carbonyl (C=O) groups excluding carboxylic acids is 2. The lowest BCUT2D eigenvalue weighted by atomic mass is 10.3. The van der Waals surface area contributed by atoms with E-state index in [2.05, 4.69) is 10.1 Å². The Morgan fingerprint density at radius 3 is 2.62 bits per heavy atom. The predicted molar refractivity (Wildman–Crippen MR) is 43.6 cm³/mol. The van der Waals surface area contributed by atoms with Crippen molar-refractivity contribution < 1.29 is 14.3 Å². The summed E-state index contributed by atoms with van der Waals surface area (Å²) < 4.78 is 4.44. The van der Waals surface area contributed by atoms with Crippen molar-refractivity contribution in [2.45, 2.75) is 13.0 Å². The summed E-state index contributed by atoms with van der Waals surface area (Å²) in [6.45, 7) is 1.79. The van der Waals surface area contributed by atoms with Gasteiger partial charge in [-0.1, -0.05) is 0 Å². The lowest BCUT2D eigenvalue weighted by Crippen LogP contribution is -2.44. The minimum absolute atomic E-state index is 0.176. The van der Waals surface area contributed by atoms with Gasteiger partial charge in [-0.3, -0.25) is 15.4 Å². The van der Waals surface area contributed by atoms with Crippen molar-refractivity contribution in [3.8, 4) is 6.07 Å². The summed E-state index contributed by atoms with van der Waals surface area (Å²) in [5, 5.41) is 12.7. The number of imide groups is 1. The highest BCUT2D eigenvalue weighted by Crippen LogP contribution is 1.82. The summed E-state index contributed by atoms with van der Waals surface area (Å²) in [6.07, 6.45) is -0.844. The van der Waals surface area contributed by atoms with Gasteiger partial charge in [0.2, 0.25) is 0 Å². The summed E-state index contributed by atoms with van der Waals surface area (Å²) in [7, 11) is 1.44. The SMILES string of the molecule is CCOC(=O)NC(=O)C(C#N)NC. The fourth-order valence-electron chi connectivity index (χ4n) is 0.594.